The van der Waals surface area contributed by atoms with E-state index in [1.807, 2.05) is 34.1 Å². The van der Waals surface area contributed by atoms with Crippen LogP contribution in [0.1, 0.15) is 39.0 Å². The number of nitrogens with zero attached hydrogens (tertiary/aromatic N) is 2. The molecule has 1 N–H and O–H groups in total. The predicted octanol–water partition coefficient (Wildman–Crippen LogP) is 2.94. The number of nitrogens with one attached hydrogen (secondary N) is 1. The molecule has 0 radical (unpaired) electrons. The third-order valence-corrected chi connectivity index (χ3v) is 5.13. The fourth-order valence-corrected chi connectivity index (χ4v) is 3.62. The molecule has 0 spiro atoms. The lowest BCUT2D eigenvalue weighted by Gasteiger charge is -2.38. The number of amides is 1. The number of benzene rings is 1. The van der Waals surface area contributed by atoms with Gasteiger partial charge in [-0.25, -0.2) is 0 Å². The number of unbranched alkanes of at least 4 members (excludes halogenated alkanes) is 1. The summed E-state index contributed by atoms with van der Waals surface area (Å²) in [6, 6.07) is 7.80. The van der Waals surface area contributed by atoms with E-state index in [1.165, 1.54) is 6.42 Å². The monoisotopic (exact) mass is 361 g/mol. The number of carbonyl (C=O) groups excluding carboxylic acids is 1. The maximum Gasteiger partial charge on any atom is 0.265 e. The van der Waals surface area contributed by atoms with Crippen LogP contribution in [0, 0.1) is 0 Å². The van der Waals surface area contributed by atoms with E-state index in [0.717, 1.165) is 56.8 Å². The highest BCUT2D eigenvalue weighted by Gasteiger charge is 2.35. The van der Waals surface area contributed by atoms with Crippen molar-refractivity contribution in [2.24, 2.45) is 0 Å². The van der Waals surface area contributed by atoms with E-state index < -0.39 is 6.10 Å². The van der Waals surface area contributed by atoms with Gasteiger partial charge in [0.2, 0.25) is 0 Å². The van der Waals surface area contributed by atoms with Crippen LogP contribution in [0.3, 0.4) is 0 Å². The summed E-state index contributed by atoms with van der Waals surface area (Å²) in [6.45, 7) is 5.13. The number of hydrogen-bond donors (Lipinski definition) is 1. The van der Waals surface area contributed by atoms with E-state index in [-0.39, 0.29) is 5.91 Å². The molecule has 1 fully saturated rings. The summed E-state index contributed by atoms with van der Waals surface area (Å²) in [4.78, 5) is 16.9. The van der Waals surface area contributed by atoms with E-state index >= 15 is 0 Å². The summed E-state index contributed by atoms with van der Waals surface area (Å²) in [5.74, 6) is 0.805. The van der Waals surface area contributed by atoms with Gasteiger partial charge < -0.3 is 19.9 Å². The van der Waals surface area contributed by atoms with Crippen LogP contribution in [0.25, 0.3) is 0 Å². The Morgan fingerprint density at radius 1 is 1.28 bits per heavy atom. The van der Waals surface area contributed by atoms with Gasteiger partial charge in [0, 0.05) is 19.6 Å². The van der Waals surface area contributed by atoms with Crippen LogP contribution < -0.4 is 15.0 Å². The molecule has 0 unspecified atom stereocenters. The zero-order chi connectivity index (χ0) is 17.6. The average molecular weight is 362 g/mol. The summed E-state index contributed by atoms with van der Waals surface area (Å²) < 4.78 is 6.03. The van der Waals surface area contributed by atoms with Gasteiger partial charge in [0.15, 0.2) is 11.2 Å². The zero-order valence-corrected chi connectivity index (χ0v) is 15.7. The maximum absolute atomic E-state index is 12.9. The minimum atomic E-state index is -0.501. The molecular formula is C19H27N3O2S. The van der Waals surface area contributed by atoms with Crippen LogP contribution in [0.5, 0.6) is 5.75 Å². The van der Waals surface area contributed by atoms with Gasteiger partial charge in [-0.15, -0.1) is 0 Å². The number of rotatable bonds is 4. The second kappa shape index (κ2) is 8.52. The van der Waals surface area contributed by atoms with Crippen molar-refractivity contribution in [1.29, 1.82) is 0 Å². The van der Waals surface area contributed by atoms with Gasteiger partial charge in [0.1, 0.15) is 5.75 Å². The molecule has 3 rings (SSSR count). The van der Waals surface area contributed by atoms with Crippen LogP contribution in [-0.2, 0) is 4.79 Å². The largest absolute Gasteiger partial charge is 0.476 e. The summed E-state index contributed by atoms with van der Waals surface area (Å²) in [7, 11) is 0. The molecule has 6 heteroatoms. The van der Waals surface area contributed by atoms with E-state index in [2.05, 4.69) is 12.2 Å². The smallest absolute Gasteiger partial charge is 0.265 e. The Kier molecular flexibility index (Phi) is 6.13. The van der Waals surface area contributed by atoms with Crippen molar-refractivity contribution in [3.05, 3.63) is 24.3 Å². The molecule has 0 aromatic heterocycles. The molecule has 1 aromatic carbocycles. The van der Waals surface area contributed by atoms with Gasteiger partial charge in [-0.2, -0.15) is 0 Å². The van der Waals surface area contributed by atoms with Gasteiger partial charge in [-0.05, 0) is 50.0 Å². The average Bonchev–Trinajstić information content (AvgIpc) is 2.67. The number of ether oxygens (including phenoxy) is 1. The molecular weight excluding hydrogens is 334 g/mol. The molecule has 2 heterocycles. The normalized spacial score (nSPS) is 19.8. The van der Waals surface area contributed by atoms with Gasteiger partial charge in [-0.3, -0.25) is 4.79 Å². The summed E-state index contributed by atoms with van der Waals surface area (Å²) in [6.07, 6.45) is 5.05. The molecule has 5 nitrogen and oxygen atoms in total. The molecule has 25 heavy (non-hydrogen) atoms. The molecule has 1 atom stereocenters. The number of thiocarbonyl (C=S) groups is 1. The fraction of sp³-hybridized carbons (Fsp3) is 0.579. The highest BCUT2D eigenvalue weighted by molar-refractivity contribution is 7.80. The highest BCUT2D eigenvalue weighted by Crippen LogP contribution is 2.33. The Hall–Kier alpha value is -1.82. The van der Waals surface area contributed by atoms with Crippen LogP contribution >= 0.6 is 12.2 Å². The second-order valence-electron chi connectivity index (χ2n) is 6.66. The Morgan fingerprint density at radius 3 is 2.80 bits per heavy atom. The van der Waals surface area contributed by atoms with Crippen molar-refractivity contribution in [2.75, 3.05) is 31.1 Å². The van der Waals surface area contributed by atoms with E-state index in [4.69, 9.17) is 17.0 Å². The lowest BCUT2D eigenvalue weighted by Crippen LogP contribution is -2.54. The van der Waals surface area contributed by atoms with E-state index in [0.29, 0.717) is 11.7 Å². The molecule has 1 amide bonds. The molecule has 1 aromatic rings. The lowest BCUT2D eigenvalue weighted by molar-refractivity contribution is -0.139. The molecule has 136 valence electrons. The van der Waals surface area contributed by atoms with Gasteiger partial charge in [-0.1, -0.05) is 25.5 Å². The molecule has 0 aliphatic carbocycles. The van der Waals surface area contributed by atoms with Crippen molar-refractivity contribution in [1.82, 2.24) is 10.2 Å². The van der Waals surface area contributed by atoms with Crippen molar-refractivity contribution >= 4 is 28.9 Å². The highest BCUT2D eigenvalue weighted by atomic mass is 32.1. The number of para-hydroxylation sites is 2. The standard InChI is InChI=1S/C19H27N3O2S/c1-2-3-11-20-19(25)22-14-17(18(23)21-12-7-4-8-13-21)24-16-10-6-5-9-15(16)22/h5-6,9-10,17H,2-4,7-8,11-14H2,1H3,(H,20,25)/t17-/m1/s1. The first-order valence-corrected chi connectivity index (χ1v) is 9.71. The predicted molar refractivity (Wildman–Crippen MR) is 104 cm³/mol. The number of carbonyl (C=O) groups is 1. The minimum absolute atomic E-state index is 0.0792. The summed E-state index contributed by atoms with van der Waals surface area (Å²) >= 11 is 5.59. The van der Waals surface area contributed by atoms with Crippen LogP contribution in [-0.4, -0.2) is 48.2 Å². The summed E-state index contributed by atoms with van der Waals surface area (Å²) in [5, 5.41) is 3.98. The van der Waals surface area contributed by atoms with E-state index in [1.54, 1.807) is 0 Å². The Balaban J connectivity index is 1.75. The van der Waals surface area contributed by atoms with E-state index in [9.17, 15) is 4.79 Å². The fourth-order valence-electron chi connectivity index (χ4n) is 3.34. The van der Waals surface area contributed by atoms with Crippen molar-refractivity contribution < 1.29 is 9.53 Å². The molecule has 1 saturated heterocycles. The SMILES string of the molecule is CCCCNC(=S)N1C[C@H](C(=O)N2CCCCC2)Oc2ccccc21. The Morgan fingerprint density at radius 2 is 2.04 bits per heavy atom. The number of anilines is 1. The number of hydrogen-bond acceptors (Lipinski definition) is 3. The third-order valence-electron chi connectivity index (χ3n) is 4.77. The maximum atomic E-state index is 12.9. The first-order chi connectivity index (χ1) is 12.2. The topological polar surface area (TPSA) is 44.8 Å². The third kappa shape index (κ3) is 4.24. The number of piperidine rings is 1. The van der Waals surface area contributed by atoms with Crippen molar-refractivity contribution in [3.8, 4) is 5.75 Å². The quantitative estimate of drug-likeness (QED) is 0.660. The Labute approximate surface area is 155 Å². The van der Waals surface area contributed by atoms with Gasteiger partial charge in [0.25, 0.3) is 5.91 Å². The van der Waals surface area contributed by atoms with Gasteiger partial charge >= 0.3 is 0 Å². The number of fused-ring (bicyclic) bond motifs is 1. The molecule has 2 aliphatic heterocycles. The molecule has 0 bridgehead atoms. The van der Waals surface area contributed by atoms with Crippen molar-refractivity contribution in [2.45, 2.75) is 45.1 Å². The van der Waals surface area contributed by atoms with Crippen LogP contribution in [0.2, 0.25) is 0 Å². The van der Waals surface area contributed by atoms with Gasteiger partial charge in [0.05, 0.1) is 12.2 Å². The zero-order valence-electron chi connectivity index (χ0n) is 14.9. The minimum Gasteiger partial charge on any atom is -0.476 e. The first kappa shape index (κ1) is 18.0. The van der Waals surface area contributed by atoms with Crippen molar-refractivity contribution in [3.63, 3.8) is 0 Å². The van der Waals surface area contributed by atoms with Crippen LogP contribution in [0.15, 0.2) is 24.3 Å². The molecule has 2 aliphatic rings. The summed E-state index contributed by atoms with van der Waals surface area (Å²) in [5.41, 5.74) is 0.930. The van der Waals surface area contributed by atoms with Crippen LogP contribution in [0.4, 0.5) is 5.69 Å². The lowest BCUT2D eigenvalue weighted by atomic mass is 10.1. The molecule has 0 saturated carbocycles. The second-order valence-corrected chi connectivity index (χ2v) is 7.04. The number of likely N-dealkylation sites (tertiary alicyclic amines) is 1. The first-order valence-electron chi connectivity index (χ1n) is 9.30. The Bertz CT molecular complexity index is 616.